The van der Waals surface area contributed by atoms with Crippen LogP contribution >= 0.6 is 0 Å². The smallest absolute Gasteiger partial charge is 0.170 e. The monoisotopic (exact) mass is 461 g/mol. The molecule has 5 nitrogen and oxygen atoms in total. The van der Waals surface area contributed by atoms with E-state index in [1.165, 1.54) is 0 Å². The van der Waals surface area contributed by atoms with Crippen molar-refractivity contribution >= 4 is 5.69 Å². The van der Waals surface area contributed by atoms with Gasteiger partial charge in [0.2, 0.25) is 0 Å². The van der Waals surface area contributed by atoms with Gasteiger partial charge in [0, 0.05) is 17.8 Å². The average Bonchev–Trinajstić information content (AvgIpc) is 2.87. The molecule has 0 aromatic heterocycles. The summed E-state index contributed by atoms with van der Waals surface area (Å²) in [6, 6.07) is 39.2. The normalized spacial score (nSPS) is 10.4. The van der Waals surface area contributed by atoms with Gasteiger partial charge < -0.3 is 24.7 Å². The first-order valence-electron chi connectivity index (χ1n) is 11.1. The lowest BCUT2D eigenvalue weighted by Gasteiger charge is -2.15. The van der Waals surface area contributed by atoms with Crippen LogP contribution in [0.2, 0.25) is 0 Å². The van der Waals surface area contributed by atoms with E-state index in [0.717, 1.165) is 5.75 Å². The number of rotatable bonds is 8. The summed E-state index contributed by atoms with van der Waals surface area (Å²) < 4.78 is 24.4. The molecule has 172 valence electrons. The molecule has 0 aliphatic carbocycles. The molecule has 0 fully saturated rings. The first-order chi connectivity index (χ1) is 17.2. The predicted octanol–water partition coefficient (Wildman–Crippen LogP) is 8.44. The van der Waals surface area contributed by atoms with Crippen molar-refractivity contribution in [2.45, 2.75) is 0 Å². The summed E-state index contributed by atoms with van der Waals surface area (Å²) in [6.45, 7) is 0. The number of benzene rings is 5. The molecular weight excluding hydrogens is 438 g/mol. The molecule has 0 unspecified atom stereocenters. The molecule has 5 aromatic rings. The highest BCUT2D eigenvalue weighted by Gasteiger charge is 2.12. The number of anilines is 1. The van der Waals surface area contributed by atoms with Gasteiger partial charge in [0.25, 0.3) is 0 Å². The van der Waals surface area contributed by atoms with Crippen LogP contribution in [0, 0.1) is 0 Å². The van der Waals surface area contributed by atoms with Crippen LogP contribution in [-0.4, -0.2) is 0 Å². The van der Waals surface area contributed by atoms with E-state index in [0.29, 0.717) is 45.9 Å². The molecule has 0 aliphatic heterocycles. The molecule has 0 atom stereocenters. The Hall–Kier alpha value is -4.90. The highest BCUT2D eigenvalue weighted by molar-refractivity contribution is 5.51. The fourth-order valence-electron chi connectivity index (χ4n) is 3.41. The SMILES string of the molecule is Nc1cccc(Oc2ccccc2Oc2ccccc2Oc2cccc(Oc3ccccc3)c2)c1. The third kappa shape index (κ3) is 5.72. The number of hydrogen-bond acceptors (Lipinski definition) is 5. The van der Waals surface area contributed by atoms with Crippen molar-refractivity contribution < 1.29 is 18.9 Å². The Morgan fingerprint density at radius 2 is 0.771 bits per heavy atom. The summed E-state index contributed by atoms with van der Waals surface area (Å²) in [7, 11) is 0. The molecule has 0 aliphatic rings. The van der Waals surface area contributed by atoms with Crippen LogP contribution in [0.25, 0.3) is 0 Å². The highest BCUT2D eigenvalue weighted by atomic mass is 16.5. The van der Waals surface area contributed by atoms with Gasteiger partial charge >= 0.3 is 0 Å². The maximum Gasteiger partial charge on any atom is 0.170 e. The van der Waals surface area contributed by atoms with Gasteiger partial charge in [0.15, 0.2) is 23.0 Å². The Morgan fingerprint density at radius 3 is 1.34 bits per heavy atom. The molecule has 2 N–H and O–H groups in total. The van der Waals surface area contributed by atoms with Gasteiger partial charge in [0.05, 0.1) is 0 Å². The predicted molar refractivity (Wildman–Crippen MR) is 137 cm³/mol. The minimum atomic E-state index is 0.547. The Morgan fingerprint density at radius 1 is 0.343 bits per heavy atom. The zero-order valence-corrected chi connectivity index (χ0v) is 18.8. The maximum absolute atomic E-state index is 6.23. The Kier molecular flexibility index (Phi) is 6.49. The van der Waals surface area contributed by atoms with Gasteiger partial charge in [-0.1, -0.05) is 54.6 Å². The molecule has 0 bridgehead atoms. The van der Waals surface area contributed by atoms with E-state index >= 15 is 0 Å². The number of ether oxygens (including phenoxy) is 4. The van der Waals surface area contributed by atoms with E-state index in [-0.39, 0.29) is 0 Å². The van der Waals surface area contributed by atoms with Gasteiger partial charge in [0.1, 0.15) is 23.0 Å². The largest absolute Gasteiger partial charge is 0.457 e. The van der Waals surface area contributed by atoms with Crippen LogP contribution in [0.3, 0.4) is 0 Å². The average molecular weight is 462 g/mol. The van der Waals surface area contributed by atoms with Crippen molar-refractivity contribution in [3.05, 3.63) is 127 Å². The van der Waals surface area contributed by atoms with Crippen molar-refractivity contribution in [1.82, 2.24) is 0 Å². The van der Waals surface area contributed by atoms with E-state index in [4.69, 9.17) is 24.7 Å². The van der Waals surface area contributed by atoms with Crippen LogP contribution in [0.4, 0.5) is 5.69 Å². The Bertz CT molecular complexity index is 1420. The summed E-state index contributed by atoms with van der Waals surface area (Å²) >= 11 is 0. The number of hydrogen-bond donors (Lipinski definition) is 1. The van der Waals surface area contributed by atoms with Crippen molar-refractivity contribution in [2.24, 2.45) is 0 Å². The summed E-state index contributed by atoms with van der Waals surface area (Å²) in [5, 5.41) is 0. The summed E-state index contributed by atoms with van der Waals surface area (Å²) in [6.07, 6.45) is 0. The minimum absolute atomic E-state index is 0.547. The van der Waals surface area contributed by atoms with E-state index in [1.807, 2.05) is 121 Å². The molecular formula is C30H23NO4. The van der Waals surface area contributed by atoms with Crippen LogP contribution in [-0.2, 0) is 0 Å². The van der Waals surface area contributed by atoms with Crippen LogP contribution in [0.5, 0.6) is 46.0 Å². The van der Waals surface area contributed by atoms with Gasteiger partial charge in [-0.3, -0.25) is 0 Å². The van der Waals surface area contributed by atoms with E-state index < -0.39 is 0 Å². The second kappa shape index (κ2) is 10.4. The zero-order chi connectivity index (χ0) is 23.9. The molecule has 5 aromatic carbocycles. The third-order valence-electron chi connectivity index (χ3n) is 5.02. The summed E-state index contributed by atoms with van der Waals surface area (Å²) in [5.74, 6) is 4.89. The van der Waals surface area contributed by atoms with E-state index in [9.17, 15) is 0 Å². The quantitative estimate of drug-likeness (QED) is 0.235. The summed E-state index contributed by atoms with van der Waals surface area (Å²) in [4.78, 5) is 0. The number of nitrogen functional groups attached to an aromatic ring is 1. The van der Waals surface area contributed by atoms with Gasteiger partial charge in [-0.15, -0.1) is 0 Å². The lowest BCUT2D eigenvalue weighted by molar-refractivity contribution is 0.393. The lowest BCUT2D eigenvalue weighted by Crippen LogP contribution is -1.94. The van der Waals surface area contributed by atoms with E-state index in [2.05, 4.69) is 0 Å². The number of nitrogens with two attached hydrogens (primary N) is 1. The number of para-hydroxylation sites is 5. The summed E-state index contributed by atoms with van der Waals surface area (Å²) in [5.41, 5.74) is 6.51. The van der Waals surface area contributed by atoms with E-state index in [1.54, 1.807) is 6.07 Å². The molecule has 0 saturated carbocycles. The topological polar surface area (TPSA) is 62.9 Å². The Balaban J connectivity index is 1.36. The molecule has 5 rings (SSSR count). The standard InChI is InChI=1S/C30H23NO4/c31-22-10-8-13-24(20-22)33-27-16-4-6-18-29(27)35-30-19-7-5-17-28(30)34-26-15-9-14-25(21-26)32-23-11-2-1-3-12-23/h1-21H,31H2. The molecule has 0 amide bonds. The lowest BCUT2D eigenvalue weighted by atomic mass is 10.2. The minimum Gasteiger partial charge on any atom is -0.457 e. The molecule has 0 radical (unpaired) electrons. The fraction of sp³-hybridized carbons (Fsp3) is 0. The van der Waals surface area contributed by atoms with Gasteiger partial charge in [-0.05, 0) is 60.7 Å². The van der Waals surface area contributed by atoms with Crippen molar-refractivity contribution in [3.8, 4) is 46.0 Å². The van der Waals surface area contributed by atoms with Crippen molar-refractivity contribution in [1.29, 1.82) is 0 Å². The first kappa shape index (κ1) is 21.9. The third-order valence-corrected chi connectivity index (χ3v) is 5.02. The van der Waals surface area contributed by atoms with Crippen molar-refractivity contribution in [2.75, 3.05) is 5.73 Å². The second-order valence-electron chi connectivity index (χ2n) is 7.66. The van der Waals surface area contributed by atoms with Gasteiger partial charge in [-0.25, -0.2) is 0 Å². The molecule has 0 saturated heterocycles. The first-order valence-corrected chi connectivity index (χ1v) is 11.1. The Labute approximate surface area is 203 Å². The van der Waals surface area contributed by atoms with Crippen LogP contribution in [0.15, 0.2) is 127 Å². The van der Waals surface area contributed by atoms with Crippen LogP contribution < -0.4 is 24.7 Å². The fourth-order valence-corrected chi connectivity index (χ4v) is 3.41. The second-order valence-corrected chi connectivity index (χ2v) is 7.66. The molecule has 0 spiro atoms. The maximum atomic E-state index is 6.23. The molecule has 5 heteroatoms. The van der Waals surface area contributed by atoms with Crippen molar-refractivity contribution in [3.63, 3.8) is 0 Å². The molecule has 0 heterocycles. The highest BCUT2D eigenvalue weighted by Crippen LogP contribution is 2.40. The van der Waals surface area contributed by atoms with Gasteiger partial charge in [-0.2, -0.15) is 0 Å². The zero-order valence-electron chi connectivity index (χ0n) is 18.8. The molecule has 35 heavy (non-hydrogen) atoms. The van der Waals surface area contributed by atoms with Crippen LogP contribution in [0.1, 0.15) is 0 Å².